The van der Waals surface area contributed by atoms with Crippen molar-refractivity contribution in [3.8, 4) is 0 Å². The third kappa shape index (κ3) is 2.24. The van der Waals surface area contributed by atoms with Crippen LogP contribution in [0.5, 0.6) is 0 Å². The molecule has 1 aromatic rings. The monoisotopic (exact) mass is 207 g/mol. The number of furan rings is 1. The molecule has 7 heavy (non-hydrogen) atoms. The number of hydrogen-bond donors (Lipinski definition) is 0. The van der Waals surface area contributed by atoms with Gasteiger partial charge < -0.3 is 0 Å². The summed E-state index contributed by atoms with van der Waals surface area (Å²) in [6.45, 7) is 0. The normalized spacial score (nSPS) is 7.71. The van der Waals surface area contributed by atoms with Gasteiger partial charge in [0.05, 0.1) is 0 Å². The van der Waals surface area contributed by atoms with Crippen molar-refractivity contribution >= 4 is 14.1 Å². The van der Waals surface area contributed by atoms with Crippen molar-refractivity contribution in [2.24, 2.45) is 0 Å². The maximum absolute atomic E-state index is 4.77. The van der Waals surface area contributed by atoms with Crippen molar-refractivity contribution in [1.82, 2.24) is 0 Å². The molecule has 1 aromatic heterocycles. The first-order chi connectivity index (χ1) is 2.89. The van der Waals surface area contributed by atoms with Crippen LogP contribution in [0.4, 0.5) is 0 Å². The third-order valence-corrected chi connectivity index (χ3v) is 0.911. The van der Waals surface area contributed by atoms with Gasteiger partial charge >= 0.3 is 46.2 Å². The summed E-state index contributed by atoms with van der Waals surface area (Å²) in [5, 5.41) is 0. The topological polar surface area (TPSA) is 13.1 Å². The van der Waals surface area contributed by atoms with Gasteiger partial charge in [-0.25, -0.2) is 0 Å². The standard InChI is InChI=1S/C4H3O.H3P.Pd/c1-2-4-5-3-1;;/h1-3H;1H3;. The summed E-state index contributed by atoms with van der Waals surface area (Å²) in [5.74, 6) is 0. The molecule has 0 aliphatic carbocycles. The molecule has 1 heterocycles. The predicted molar refractivity (Wildman–Crippen MR) is 29.4 cm³/mol. The van der Waals surface area contributed by atoms with Gasteiger partial charge in [0, 0.05) is 0 Å². The van der Waals surface area contributed by atoms with Crippen LogP contribution in [-0.4, -0.2) is 0 Å². The third-order valence-electron chi connectivity index (χ3n) is 0.469. The summed E-state index contributed by atoms with van der Waals surface area (Å²) < 4.78 is 5.58. The Labute approximate surface area is 56.5 Å². The summed E-state index contributed by atoms with van der Waals surface area (Å²) in [4.78, 5) is 0. The Morgan fingerprint density at radius 3 is 2.43 bits per heavy atom. The van der Waals surface area contributed by atoms with Gasteiger partial charge in [0.1, 0.15) is 0 Å². The molecule has 1 unspecified atom stereocenters. The minimum absolute atomic E-state index is 0. The molecule has 0 saturated carbocycles. The van der Waals surface area contributed by atoms with Crippen molar-refractivity contribution in [2.75, 3.05) is 0 Å². The Morgan fingerprint density at radius 1 is 1.57 bits per heavy atom. The van der Waals surface area contributed by atoms with Gasteiger partial charge in [-0.15, -0.1) is 0 Å². The summed E-state index contributed by atoms with van der Waals surface area (Å²) in [6.07, 6.45) is 1.62. The Balaban J connectivity index is 0.000000360. The van der Waals surface area contributed by atoms with E-state index in [9.17, 15) is 0 Å². The Kier molecular flexibility index (Phi) is 3.56. The van der Waals surface area contributed by atoms with E-state index in [1.165, 1.54) is 0 Å². The minimum atomic E-state index is 0. The molecule has 0 aromatic carbocycles. The van der Waals surface area contributed by atoms with E-state index in [-0.39, 0.29) is 9.90 Å². The molecule has 0 aliphatic rings. The van der Waals surface area contributed by atoms with E-state index >= 15 is 0 Å². The molecule has 1 rings (SSSR count). The van der Waals surface area contributed by atoms with E-state index in [4.69, 9.17) is 4.42 Å². The Morgan fingerprint density at radius 2 is 2.29 bits per heavy atom. The van der Waals surface area contributed by atoms with Crippen LogP contribution in [0.2, 0.25) is 0 Å². The fourth-order valence-electron chi connectivity index (χ4n) is 0.248. The first kappa shape index (κ1) is 7.37. The van der Waals surface area contributed by atoms with Crippen molar-refractivity contribution in [2.45, 2.75) is 0 Å². The molecule has 0 bridgehead atoms. The number of hydrogen-bond acceptors (Lipinski definition) is 1. The van der Waals surface area contributed by atoms with E-state index < -0.39 is 0 Å². The molecule has 1 atom stereocenters. The van der Waals surface area contributed by atoms with Gasteiger partial charge in [-0.1, -0.05) is 0 Å². The quantitative estimate of drug-likeness (QED) is 0.446. The number of rotatable bonds is 0. The molecular formula is C4H6OPPd. The van der Waals surface area contributed by atoms with Crippen LogP contribution < -0.4 is 4.23 Å². The molecule has 0 N–H and O–H groups in total. The van der Waals surface area contributed by atoms with Crippen molar-refractivity contribution in [3.63, 3.8) is 0 Å². The van der Waals surface area contributed by atoms with Crippen molar-refractivity contribution < 1.29 is 23.6 Å². The zero-order valence-corrected chi connectivity index (χ0v) is 6.63. The molecule has 1 nitrogen and oxygen atoms in total. The van der Waals surface area contributed by atoms with Crippen molar-refractivity contribution in [1.29, 1.82) is 0 Å². The van der Waals surface area contributed by atoms with Crippen LogP contribution in [0.1, 0.15) is 0 Å². The van der Waals surface area contributed by atoms with Crippen LogP contribution in [-0.2, 0) is 19.2 Å². The summed E-state index contributed by atoms with van der Waals surface area (Å²) in [7, 11) is 0. The summed E-state index contributed by atoms with van der Waals surface area (Å²) >= 11 is 2.88. The van der Waals surface area contributed by atoms with E-state index in [0.29, 0.717) is 0 Å². The second-order valence-electron chi connectivity index (χ2n) is 0.887. The fraction of sp³-hybridized carbons (Fsp3) is 0. The average molecular weight is 207 g/mol. The van der Waals surface area contributed by atoms with Gasteiger partial charge in [0.15, 0.2) is 0 Å². The molecule has 43 valence electrons. The second kappa shape index (κ2) is 3.38. The van der Waals surface area contributed by atoms with Crippen LogP contribution in [0.3, 0.4) is 0 Å². The van der Waals surface area contributed by atoms with Gasteiger partial charge in [-0.3, -0.25) is 0 Å². The summed E-state index contributed by atoms with van der Waals surface area (Å²) in [5.41, 5.74) is 0. The van der Waals surface area contributed by atoms with Crippen molar-refractivity contribution in [3.05, 3.63) is 18.4 Å². The van der Waals surface area contributed by atoms with Crippen LogP contribution in [0, 0.1) is 0 Å². The SMILES string of the molecule is P.[Pd][c]1ccco1. The van der Waals surface area contributed by atoms with Gasteiger partial charge in [0.25, 0.3) is 0 Å². The van der Waals surface area contributed by atoms with Gasteiger partial charge in [0.2, 0.25) is 0 Å². The molecule has 0 fully saturated rings. The zero-order valence-electron chi connectivity index (χ0n) is 3.66. The fourth-order valence-corrected chi connectivity index (χ4v) is 0.504. The van der Waals surface area contributed by atoms with Crippen LogP contribution in [0.15, 0.2) is 22.8 Å². The first-order valence-corrected chi connectivity index (χ1v) is 2.33. The van der Waals surface area contributed by atoms with Gasteiger partial charge in [-0.2, -0.15) is 9.90 Å². The maximum atomic E-state index is 4.77. The average Bonchev–Trinajstić information content (AvgIpc) is 1.86. The molecule has 0 aliphatic heterocycles. The van der Waals surface area contributed by atoms with E-state index in [1.807, 2.05) is 12.1 Å². The zero-order chi connectivity index (χ0) is 4.41. The molecular weight excluding hydrogens is 201 g/mol. The predicted octanol–water partition coefficient (Wildman–Crippen LogP) is 0.510. The molecule has 0 spiro atoms. The van der Waals surface area contributed by atoms with E-state index in [0.717, 1.165) is 4.23 Å². The molecule has 3 heteroatoms. The Bertz CT molecular complexity index is 115. The van der Waals surface area contributed by atoms with Crippen LogP contribution in [0.25, 0.3) is 0 Å². The van der Waals surface area contributed by atoms with Gasteiger partial charge in [-0.05, 0) is 0 Å². The van der Waals surface area contributed by atoms with E-state index in [1.54, 1.807) is 6.26 Å². The first-order valence-electron chi connectivity index (χ1n) is 1.55. The summed E-state index contributed by atoms with van der Waals surface area (Å²) in [6, 6.07) is 3.68. The Hall–Kier alpha value is 0.372. The second-order valence-corrected chi connectivity index (χ2v) is 1.65. The molecule has 0 amide bonds. The molecule has 0 radical (unpaired) electrons. The van der Waals surface area contributed by atoms with E-state index in [2.05, 4.69) is 19.2 Å². The molecule has 0 saturated heterocycles. The van der Waals surface area contributed by atoms with Crippen LogP contribution >= 0.6 is 9.90 Å².